The van der Waals surface area contributed by atoms with Crippen molar-refractivity contribution in [1.82, 2.24) is 0 Å². The lowest BCUT2D eigenvalue weighted by Gasteiger charge is -1.91. The molecule has 0 amide bonds. The van der Waals surface area contributed by atoms with Crippen LogP contribution in [0.1, 0.15) is 26.7 Å². The zero-order valence-electron chi connectivity index (χ0n) is 5.65. The zero-order chi connectivity index (χ0) is 5.98. The molecule has 0 aliphatic heterocycles. The predicted octanol–water partition coefficient (Wildman–Crippen LogP) is 1.88. The molecule has 1 rings (SSSR count). The van der Waals surface area contributed by atoms with Crippen LogP contribution in [0.15, 0.2) is 4.99 Å². The van der Waals surface area contributed by atoms with E-state index in [9.17, 15) is 0 Å². The van der Waals surface area contributed by atoms with Crippen LogP contribution < -0.4 is 0 Å². The van der Waals surface area contributed by atoms with Crippen LogP contribution in [0.5, 0.6) is 0 Å². The van der Waals surface area contributed by atoms with Crippen molar-refractivity contribution in [2.24, 2.45) is 10.9 Å². The van der Waals surface area contributed by atoms with E-state index in [0.717, 1.165) is 12.5 Å². The van der Waals surface area contributed by atoms with Gasteiger partial charge in [0.25, 0.3) is 0 Å². The molecule has 1 nitrogen and oxygen atoms in total. The number of aliphatic imine (C=N–C) groups is 1. The molecule has 8 heavy (non-hydrogen) atoms. The Morgan fingerprint density at radius 3 is 2.62 bits per heavy atom. The molecule has 0 atom stereocenters. The summed E-state index contributed by atoms with van der Waals surface area (Å²) < 4.78 is 0. The van der Waals surface area contributed by atoms with Gasteiger partial charge in [-0.2, -0.15) is 0 Å². The molecule has 0 saturated heterocycles. The summed E-state index contributed by atoms with van der Waals surface area (Å²) >= 11 is 0. The van der Waals surface area contributed by atoms with Gasteiger partial charge in [0.2, 0.25) is 0 Å². The summed E-state index contributed by atoms with van der Waals surface area (Å²) in [6, 6.07) is 0. The Hall–Kier alpha value is -0.330. The van der Waals surface area contributed by atoms with Gasteiger partial charge in [-0.15, -0.1) is 0 Å². The second kappa shape index (κ2) is 2.29. The van der Waals surface area contributed by atoms with Gasteiger partial charge < -0.3 is 0 Å². The van der Waals surface area contributed by atoms with Crippen LogP contribution in [0.2, 0.25) is 0 Å². The van der Waals surface area contributed by atoms with Crippen molar-refractivity contribution in [1.29, 1.82) is 0 Å². The summed E-state index contributed by atoms with van der Waals surface area (Å²) in [6.45, 7) is 5.19. The average molecular weight is 111 g/mol. The van der Waals surface area contributed by atoms with E-state index in [4.69, 9.17) is 0 Å². The predicted molar refractivity (Wildman–Crippen MR) is 36.4 cm³/mol. The standard InChI is InChI=1S/C7H13N/c1-3-8-6(2)7-4-5-7/h7H,3-5H2,1-2H3. The molecule has 0 bridgehead atoms. The van der Waals surface area contributed by atoms with E-state index < -0.39 is 0 Å². The molecule has 1 aliphatic rings. The quantitative estimate of drug-likeness (QED) is 0.482. The zero-order valence-corrected chi connectivity index (χ0v) is 5.65. The van der Waals surface area contributed by atoms with Crippen LogP contribution in [0.4, 0.5) is 0 Å². The summed E-state index contributed by atoms with van der Waals surface area (Å²) in [6.07, 6.45) is 2.77. The molecule has 0 N–H and O–H groups in total. The first-order chi connectivity index (χ1) is 3.84. The maximum Gasteiger partial charge on any atom is 0.0360 e. The molecule has 0 aromatic heterocycles. The molecule has 1 aliphatic carbocycles. The van der Waals surface area contributed by atoms with Crippen molar-refractivity contribution in [2.45, 2.75) is 26.7 Å². The minimum atomic E-state index is 0.870. The van der Waals surface area contributed by atoms with Gasteiger partial charge in [0.05, 0.1) is 0 Å². The van der Waals surface area contributed by atoms with E-state index in [-0.39, 0.29) is 0 Å². The maximum absolute atomic E-state index is 4.30. The minimum Gasteiger partial charge on any atom is -0.294 e. The Labute approximate surface area is 50.8 Å². The Kier molecular flexibility index (Phi) is 1.66. The van der Waals surface area contributed by atoms with Crippen molar-refractivity contribution in [3.05, 3.63) is 0 Å². The summed E-state index contributed by atoms with van der Waals surface area (Å²) in [4.78, 5) is 4.30. The smallest absolute Gasteiger partial charge is 0.0360 e. The van der Waals surface area contributed by atoms with Gasteiger partial charge in [-0.1, -0.05) is 0 Å². The van der Waals surface area contributed by atoms with Crippen LogP contribution in [-0.4, -0.2) is 12.3 Å². The molecule has 0 heterocycles. The number of rotatable bonds is 2. The van der Waals surface area contributed by atoms with Crippen molar-refractivity contribution in [2.75, 3.05) is 6.54 Å². The third kappa shape index (κ3) is 1.32. The second-order valence-corrected chi connectivity index (χ2v) is 2.39. The molecule has 0 radical (unpaired) electrons. The maximum atomic E-state index is 4.30. The lowest BCUT2D eigenvalue weighted by atomic mass is 10.3. The van der Waals surface area contributed by atoms with Gasteiger partial charge in [-0.25, -0.2) is 0 Å². The summed E-state index contributed by atoms with van der Waals surface area (Å²) in [5.41, 5.74) is 1.37. The van der Waals surface area contributed by atoms with Gasteiger partial charge in [0.1, 0.15) is 0 Å². The molecule has 0 unspecified atom stereocenters. The molecule has 0 aromatic carbocycles. The van der Waals surface area contributed by atoms with E-state index in [1.807, 2.05) is 0 Å². The van der Waals surface area contributed by atoms with E-state index in [1.165, 1.54) is 18.6 Å². The normalized spacial score (nSPS) is 21.5. The first kappa shape index (κ1) is 5.80. The Morgan fingerprint density at radius 1 is 1.62 bits per heavy atom. The second-order valence-electron chi connectivity index (χ2n) is 2.39. The van der Waals surface area contributed by atoms with Gasteiger partial charge in [-0.3, -0.25) is 4.99 Å². The largest absolute Gasteiger partial charge is 0.294 e. The lowest BCUT2D eigenvalue weighted by Crippen LogP contribution is -1.93. The van der Waals surface area contributed by atoms with E-state index in [2.05, 4.69) is 18.8 Å². The Morgan fingerprint density at radius 2 is 2.25 bits per heavy atom. The monoisotopic (exact) mass is 111 g/mol. The Bertz CT molecular complexity index is 101. The van der Waals surface area contributed by atoms with Crippen molar-refractivity contribution in [3.63, 3.8) is 0 Å². The van der Waals surface area contributed by atoms with Crippen molar-refractivity contribution < 1.29 is 0 Å². The molecule has 0 aromatic rings. The number of hydrogen-bond acceptors (Lipinski definition) is 1. The fourth-order valence-corrected chi connectivity index (χ4v) is 0.880. The van der Waals surface area contributed by atoms with Gasteiger partial charge in [0, 0.05) is 12.3 Å². The average Bonchev–Trinajstić information content (AvgIpc) is 2.45. The lowest BCUT2D eigenvalue weighted by molar-refractivity contribution is 1.07. The third-order valence-corrected chi connectivity index (χ3v) is 1.58. The molecule has 1 fully saturated rings. The van der Waals surface area contributed by atoms with Crippen LogP contribution in [-0.2, 0) is 0 Å². The van der Waals surface area contributed by atoms with E-state index in [0.29, 0.717) is 0 Å². The number of nitrogens with zero attached hydrogens (tertiary/aromatic N) is 1. The molecule has 0 spiro atoms. The highest BCUT2D eigenvalue weighted by Crippen LogP contribution is 2.30. The highest BCUT2D eigenvalue weighted by Gasteiger charge is 2.23. The van der Waals surface area contributed by atoms with E-state index in [1.54, 1.807) is 0 Å². The fraction of sp³-hybridized carbons (Fsp3) is 0.857. The summed E-state index contributed by atoms with van der Waals surface area (Å²) in [5.74, 6) is 0.870. The van der Waals surface area contributed by atoms with Gasteiger partial charge >= 0.3 is 0 Å². The first-order valence-corrected chi connectivity index (χ1v) is 3.35. The van der Waals surface area contributed by atoms with Crippen LogP contribution >= 0.6 is 0 Å². The van der Waals surface area contributed by atoms with Crippen molar-refractivity contribution >= 4 is 5.71 Å². The molecular weight excluding hydrogens is 98.1 g/mol. The minimum absolute atomic E-state index is 0.870. The van der Waals surface area contributed by atoms with Gasteiger partial charge in [0.15, 0.2) is 0 Å². The summed E-state index contributed by atoms with van der Waals surface area (Å²) in [5, 5.41) is 0. The molecule has 46 valence electrons. The first-order valence-electron chi connectivity index (χ1n) is 3.35. The van der Waals surface area contributed by atoms with Crippen LogP contribution in [0, 0.1) is 5.92 Å². The number of hydrogen-bond donors (Lipinski definition) is 0. The highest BCUT2D eigenvalue weighted by atomic mass is 14.7. The Balaban J connectivity index is 2.31. The highest BCUT2D eigenvalue weighted by molar-refractivity contribution is 5.86. The van der Waals surface area contributed by atoms with Crippen LogP contribution in [0.25, 0.3) is 0 Å². The van der Waals surface area contributed by atoms with E-state index >= 15 is 0 Å². The van der Waals surface area contributed by atoms with Crippen LogP contribution in [0.3, 0.4) is 0 Å². The summed E-state index contributed by atoms with van der Waals surface area (Å²) in [7, 11) is 0. The van der Waals surface area contributed by atoms with Crippen molar-refractivity contribution in [3.8, 4) is 0 Å². The molecular formula is C7H13N. The SMILES string of the molecule is CCN=C(C)C1CC1. The molecule has 1 saturated carbocycles. The molecule has 1 heteroatoms. The third-order valence-electron chi connectivity index (χ3n) is 1.58. The fourth-order valence-electron chi connectivity index (χ4n) is 0.880. The topological polar surface area (TPSA) is 12.4 Å². The van der Waals surface area contributed by atoms with Gasteiger partial charge in [-0.05, 0) is 32.6 Å².